The molecule has 98 valence electrons. The van der Waals surface area contributed by atoms with Gasteiger partial charge in [-0.3, -0.25) is 4.79 Å². The summed E-state index contributed by atoms with van der Waals surface area (Å²) in [5.74, 6) is 0.774. The Kier molecular flexibility index (Phi) is 3.86. The highest BCUT2D eigenvalue weighted by Crippen LogP contribution is 2.16. The molecule has 19 heavy (non-hydrogen) atoms. The largest absolute Gasteiger partial charge is 0.497 e. The van der Waals surface area contributed by atoms with Gasteiger partial charge in [-0.05, 0) is 24.3 Å². The van der Waals surface area contributed by atoms with Crippen molar-refractivity contribution in [1.29, 1.82) is 0 Å². The number of carbonyl (C=O) groups is 1. The second kappa shape index (κ2) is 5.41. The first-order valence-corrected chi connectivity index (χ1v) is 9.30. The molecule has 0 fully saturated rings. The van der Waals surface area contributed by atoms with Crippen LogP contribution in [-0.2, 0) is 0 Å². The van der Waals surface area contributed by atoms with Crippen LogP contribution in [0.3, 0.4) is 0 Å². The molecule has 0 saturated carbocycles. The Morgan fingerprint density at radius 2 is 1.53 bits per heavy atom. The number of hydrogen-bond donors (Lipinski definition) is 0. The maximum Gasteiger partial charge on any atom is 0.163 e. The zero-order valence-corrected chi connectivity index (χ0v) is 12.5. The Morgan fingerprint density at radius 1 is 0.947 bits per heavy atom. The lowest BCUT2D eigenvalue weighted by molar-refractivity contribution is 0.106. The predicted molar refractivity (Wildman–Crippen MR) is 80.9 cm³/mol. The maximum atomic E-state index is 12.7. The van der Waals surface area contributed by atoms with E-state index in [1.807, 2.05) is 54.6 Å². The van der Waals surface area contributed by atoms with E-state index in [-0.39, 0.29) is 5.41 Å². The highest BCUT2D eigenvalue weighted by Gasteiger charge is 2.33. The van der Waals surface area contributed by atoms with E-state index in [0.717, 1.165) is 16.5 Å². The summed E-state index contributed by atoms with van der Waals surface area (Å²) in [6, 6.07) is 17.4. The van der Waals surface area contributed by atoms with Gasteiger partial charge in [0.25, 0.3) is 0 Å². The predicted octanol–water partition coefficient (Wildman–Crippen LogP) is 3.03. The number of rotatable bonds is 4. The summed E-state index contributed by atoms with van der Waals surface area (Å²) in [7, 11) is -0.506. The van der Waals surface area contributed by atoms with Crippen LogP contribution in [0.15, 0.2) is 54.6 Å². The van der Waals surface area contributed by atoms with Crippen molar-refractivity contribution in [2.45, 2.75) is 13.1 Å². The molecule has 2 aromatic rings. The molecule has 0 radical (unpaired) electrons. The van der Waals surface area contributed by atoms with E-state index in [1.54, 1.807) is 7.11 Å². The number of ether oxygens (including phenoxy) is 1. The monoisotopic (exact) mass is 270 g/mol. The number of hydrogen-bond acceptors (Lipinski definition) is 2. The number of methoxy groups -OCH3 is 1. The molecule has 0 amide bonds. The van der Waals surface area contributed by atoms with Gasteiger partial charge >= 0.3 is 0 Å². The molecule has 0 saturated heterocycles. The third kappa shape index (κ3) is 2.76. The topological polar surface area (TPSA) is 26.3 Å². The SMILES string of the molecule is COc1ccc(C(=O)[Si](C)(C)c2ccccc2)cc1. The van der Waals surface area contributed by atoms with Gasteiger partial charge in [0.2, 0.25) is 0 Å². The van der Waals surface area contributed by atoms with E-state index >= 15 is 0 Å². The first-order chi connectivity index (χ1) is 9.05. The lowest BCUT2D eigenvalue weighted by Crippen LogP contribution is -2.49. The van der Waals surface area contributed by atoms with E-state index in [9.17, 15) is 4.79 Å². The van der Waals surface area contributed by atoms with E-state index in [4.69, 9.17) is 4.74 Å². The van der Waals surface area contributed by atoms with Crippen LogP contribution in [0, 0.1) is 0 Å². The van der Waals surface area contributed by atoms with Crippen molar-refractivity contribution in [3.05, 3.63) is 60.2 Å². The van der Waals surface area contributed by atoms with Gasteiger partial charge in [0.05, 0.1) is 7.11 Å². The van der Waals surface area contributed by atoms with Crippen molar-refractivity contribution in [2.24, 2.45) is 0 Å². The molecular weight excluding hydrogens is 252 g/mol. The molecular formula is C16H18O2Si. The quantitative estimate of drug-likeness (QED) is 0.798. The molecule has 0 heterocycles. The van der Waals surface area contributed by atoms with Crippen molar-refractivity contribution < 1.29 is 9.53 Å². The zero-order chi connectivity index (χ0) is 13.9. The van der Waals surface area contributed by atoms with Crippen LogP contribution in [0.2, 0.25) is 13.1 Å². The third-order valence-corrected chi connectivity index (χ3v) is 6.62. The Morgan fingerprint density at radius 3 is 2.05 bits per heavy atom. The van der Waals surface area contributed by atoms with Crippen LogP contribution in [0.4, 0.5) is 0 Å². The Labute approximate surface area is 115 Å². The summed E-state index contributed by atoms with van der Waals surface area (Å²) in [5, 5.41) is 1.41. The summed E-state index contributed by atoms with van der Waals surface area (Å²) in [5.41, 5.74) is 0.765. The Bertz CT molecular complexity index is 559. The average Bonchev–Trinajstić information content (AvgIpc) is 2.47. The molecule has 2 rings (SSSR count). The second-order valence-corrected chi connectivity index (χ2v) is 9.33. The molecule has 0 atom stereocenters. The highest BCUT2D eigenvalue weighted by molar-refractivity contribution is 7.14. The number of benzene rings is 2. The molecule has 0 aliphatic rings. The van der Waals surface area contributed by atoms with Crippen LogP contribution < -0.4 is 9.92 Å². The molecule has 0 unspecified atom stereocenters. The maximum absolute atomic E-state index is 12.7. The number of carbonyl (C=O) groups excluding carboxylic acids is 1. The van der Waals surface area contributed by atoms with E-state index in [0.29, 0.717) is 0 Å². The molecule has 0 N–H and O–H groups in total. The van der Waals surface area contributed by atoms with Gasteiger partial charge in [-0.1, -0.05) is 48.6 Å². The van der Waals surface area contributed by atoms with E-state index < -0.39 is 8.07 Å². The van der Waals surface area contributed by atoms with Crippen LogP contribution in [0.1, 0.15) is 10.4 Å². The fraction of sp³-hybridized carbons (Fsp3) is 0.188. The molecule has 0 aromatic heterocycles. The molecule has 3 heteroatoms. The third-order valence-electron chi connectivity index (χ3n) is 3.42. The smallest absolute Gasteiger partial charge is 0.163 e. The first kappa shape index (κ1) is 13.6. The lowest BCUT2D eigenvalue weighted by Gasteiger charge is -2.21. The van der Waals surface area contributed by atoms with Crippen molar-refractivity contribution in [3.8, 4) is 5.75 Å². The fourth-order valence-electron chi connectivity index (χ4n) is 2.09. The summed E-state index contributed by atoms with van der Waals surface area (Å²) in [6.07, 6.45) is 0. The standard InChI is InChI=1S/C16H18O2Si/c1-18-14-11-9-13(10-12-14)16(17)19(2,3)15-7-5-4-6-8-15/h4-12H,1-3H3. The normalized spacial score (nSPS) is 11.1. The minimum atomic E-state index is -2.13. The van der Waals surface area contributed by atoms with Gasteiger partial charge in [0.15, 0.2) is 8.07 Å². The fourth-order valence-corrected chi connectivity index (χ4v) is 4.27. The molecule has 2 aromatic carbocycles. The molecule has 0 aliphatic heterocycles. The van der Waals surface area contributed by atoms with E-state index in [2.05, 4.69) is 13.1 Å². The zero-order valence-electron chi connectivity index (χ0n) is 11.5. The van der Waals surface area contributed by atoms with Gasteiger partial charge in [0, 0.05) is 5.56 Å². The van der Waals surface area contributed by atoms with Crippen LogP contribution in [0.5, 0.6) is 5.75 Å². The first-order valence-electron chi connectivity index (χ1n) is 6.30. The average molecular weight is 270 g/mol. The van der Waals surface area contributed by atoms with Gasteiger partial charge in [0.1, 0.15) is 11.2 Å². The van der Waals surface area contributed by atoms with Gasteiger partial charge in [-0.25, -0.2) is 0 Å². The summed E-state index contributed by atoms with van der Waals surface area (Å²) < 4.78 is 5.12. The van der Waals surface area contributed by atoms with Crippen molar-refractivity contribution >= 4 is 18.7 Å². The van der Waals surface area contributed by atoms with Crippen molar-refractivity contribution in [2.75, 3.05) is 7.11 Å². The van der Waals surface area contributed by atoms with Crippen LogP contribution in [0.25, 0.3) is 0 Å². The van der Waals surface area contributed by atoms with Gasteiger partial charge in [-0.15, -0.1) is 0 Å². The Balaban J connectivity index is 2.32. The summed E-state index contributed by atoms with van der Waals surface area (Å²) in [4.78, 5) is 12.7. The second-order valence-electron chi connectivity index (χ2n) is 5.05. The van der Waals surface area contributed by atoms with Crippen molar-refractivity contribution in [3.63, 3.8) is 0 Å². The van der Waals surface area contributed by atoms with Crippen molar-refractivity contribution in [1.82, 2.24) is 0 Å². The lowest BCUT2D eigenvalue weighted by atomic mass is 10.2. The van der Waals surface area contributed by atoms with Crippen LogP contribution >= 0.6 is 0 Å². The van der Waals surface area contributed by atoms with Gasteiger partial charge < -0.3 is 4.74 Å². The van der Waals surface area contributed by atoms with E-state index in [1.165, 1.54) is 0 Å². The minimum Gasteiger partial charge on any atom is -0.497 e. The minimum absolute atomic E-state index is 0.251. The molecule has 0 bridgehead atoms. The van der Waals surface area contributed by atoms with Crippen LogP contribution in [-0.4, -0.2) is 20.6 Å². The Hall–Kier alpha value is -1.87. The highest BCUT2D eigenvalue weighted by atomic mass is 28.3. The molecule has 0 aliphatic carbocycles. The summed E-state index contributed by atoms with van der Waals surface area (Å²) >= 11 is 0. The van der Waals surface area contributed by atoms with Gasteiger partial charge in [-0.2, -0.15) is 0 Å². The molecule has 0 spiro atoms. The summed E-state index contributed by atoms with van der Waals surface area (Å²) in [6.45, 7) is 4.18. The molecule has 2 nitrogen and oxygen atoms in total.